The van der Waals surface area contributed by atoms with E-state index in [1.165, 1.54) is 6.42 Å². The summed E-state index contributed by atoms with van der Waals surface area (Å²) in [5.74, 6) is 1.87. The highest BCUT2D eigenvalue weighted by atomic mass is 15.0. The van der Waals surface area contributed by atoms with Gasteiger partial charge in [-0.25, -0.2) is 0 Å². The van der Waals surface area contributed by atoms with Crippen molar-refractivity contribution in [3.8, 4) is 6.07 Å². The van der Waals surface area contributed by atoms with Crippen LogP contribution in [0, 0.1) is 29.1 Å². The molecule has 0 amide bonds. The van der Waals surface area contributed by atoms with Crippen LogP contribution in [0.3, 0.4) is 0 Å². The monoisotopic (exact) mass is 191 g/mol. The van der Waals surface area contributed by atoms with Crippen LogP contribution < -0.4 is 11.5 Å². The molecule has 14 heavy (non-hydrogen) atoms. The third kappa shape index (κ3) is 0.796. The summed E-state index contributed by atoms with van der Waals surface area (Å²) in [4.78, 5) is 0. The molecule has 4 N–H and O–H groups in total. The van der Waals surface area contributed by atoms with Crippen LogP contribution in [0.15, 0.2) is 0 Å². The fourth-order valence-corrected chi connectivity index (χ4v) is 4.33. The maximum absolute atomic E-state index is 9.27. The van der Waals surface area contributed by atoms with Crippen LogP contribution in [0.25, 0.3) is 0 Å². The molecule has 3 atom stereocenters. The summed E-state index contributed by atoms with van der Waals surface area (Å²) in [6.07, 6.45) is 5.56. The Labute approximate surface area is 84.4 Å². The van der Waals surface area contributed by atoms with Gasteiger partial charge in [-0.05, 0) is 49.9 Å². The molecule has 0 aromatic carbocycles. The first-order valence-electron chi connectivity index (χ1n) is 5.56. The van der Waals surface area contributed by atoms with Crippen LogP contribution in [0.5, 0.6) is 0 Å². The molecule has 4 aliphatic rings. The molecule has 0 saturated heterocycles. The van der Waals surface area contributed by atoms with Gasteiger partial charge >= 0.3 is 0 Å². The van der Waals surface area contributed by atoms with Gasteiger partial charge in [-0.1, -0.05) is 0 Å². The van der Waals surface area contributed by atoms with E-state index in [1.807, 2.05) is 0 Å². The Morgan fingerprint density at radius 2 is 1.64 bits per heavy atom. The van der Waals surface area contributed by atoms with Gasteiger partial charge in [0.05, 0.1) is 6.07 Å². The highest BCUT2D eigenvalue weighted by Gasteiger charge is 2.62. The standard InChI is InChI=1S/C11H17N3/c12-6-11(14)9-2-7-1-8(3-9)5-10(11,13)4-7/h7-9H,1-5,13-14H2. The molecule has 4 bridgehead atoms. The normalized spacial score (nSPS) is 59.9. The van der Waals surface area contributed by atoms with Crippen molar-refractivity contribution in [1.29, 1.82) is 5.26 Å². The lowest BCUT2D eigenvalue weighted by atomic mass is 9.46. The SMILES string of the molecule is N#CC1(N)C2CC3CC(C2)CC1(N)C3. The smallest absolute Gasteiger partial charge is 0.125 e. The molecule has 76 valence electrons. The van der Waals surface area contributed by atoms with Crippen molar-refractivity contribution in [1.82, 2.24) is 0 Å². The van der Waals surface area contributed by atoms with E-state index in [9.17, 15) is 5.26 Å². The predicted octanol–water partition coefficient (Wildman–Crippen LogP) is 0.745. The molecular weight excluding hydrogens is 174 g/mol. The van der Waals surface area contributed by atoms with Gasteiger partial charge in [-0.3, -0.25) is 0 Å². The van der Waals surface area contributed by atoms with E-state index in [1.54, 1.807) is 0 Å². The second-order valence-corrected chi connectivity index (χ2v) is 5.68. The van der Waals surface area contributed by atoms with Crippen molar-refractivity contribution in [3.05, 3.63) is 0 Å². The second kappa shape index (κ2) is 2.32. The lowest BCUT2D eigenvalue weighted by Gasteiger charge is -2.62. The summed E-state index contributed by atoms with van der Waals surface area (Å²) < 4.78 is 0. The van der Waals surface area contributed by atoms with Crippen molar-refractivity contribution in [2.75, 3.05) is 0 Å². The summed E-state index contributed by atoms with van der Waals surface area (Å²) in [7, 11) is 0. The van der Waals surface area contributed by atoms with Gasteiger partial charge in [-0.2, -0.15) is 5.26 Å². The molecule has 3 nitrogen and oxygen atoms in total. The summed E-state index contributed by atoms with van der Waals surface area (Å²) in [5, 5.41) is 9.27. The first-order valence-corrected chi connectivity index (χ1v) is 5.56. The highest BCUT2D eigenvalue weighted by molar-refractivity contribution is 5.29. The Morgan fingerprint density at radius 1 is 1.07 bits per heavy atom. The van der Waals surface area contributed by atoms with Crippen LogP contribution in [0.2, 0.25) is 0 Å². The Balaban J connectivity index is 2.07. The van der Waals surface area contributed by atoms with Gasteiger partial charge < -0.3 is 11.5 Å². The Morgan fingerprint density at radius 3 is 2.07 bits per heavy atom. The first kappa shape index (κ1) is 8.70. The van der Waals surface area contributed by atoms with Crippen molar-refractivity contribution in [3.63, 3.8) is 0 Å². The summed E-state index contributed by atoms with van der Waals surface area (Å²) in [6, 6.07) is 2.32. The van der Waals surface area contributed by atoms with Crippen LogP contribution in [0.1, 0.15) is 32.1 Å². The average molecular weight is 191 g/mol. The van der Waals surface area contributed by atoms with Crippen molar-refractivity contribution in [2.24, 2.45) is 29.2 Å². The third-order valence-electron chi connectivity index (χ3n) is 4.86. The van der Waals surface area contributed by atoms with E-state index in [0.717, 1.165) is 37.5 Å². The van der Waals surface area contributed by atoms with E-state index >= 15 is 0 Å². The zero-order valence-corrected chi connectivity index (χ0v) is 8.37. The minimum atomic E-state index is -0.736. The van der Waals surface area contributed by atoms with Crippen molar-refractivity contribution >= 4 is 0 Å². The first-order chi connectivity index (χ1) is 6.57. The number of nitriles is 1. The molecule has 3 unspecified atom stereocenters. The molecule has 0 aromatic rings. The molecule has 4 aliphatic carbocycles. The van der Waals surface area contributed by atoms with Crippen LogP contribution in [-0.4, -0.2) is 11.1 Å². The minimum absolute atomic E-state index is 0.365. The highest BCUT2D eigenvalue weighted by Crippen LogP contribution is 2.58. The van der Waals surface area contributed by atoms with E-state index in [-0.39, 0.29) is 5.54 Å². The molecule has 4 rings (SSSR count). The zero-order valence-electron chi connectivity index (χ0n) is 8.37. The van der Waals surface area contributed by atoms with Gasteiger partial charge in [0, 0.05) is 5.54 Å². The summed E-state index contributed by atoms with van der Waals surface area (Å²) in [6.45, 7) is 0. The van der Waals surface area contributed by atoms with Gasteiger partial charge in [0.2, 0.25) is 0 Å². The van der Waals surface area contributed by atoms with Gasteiger partial charge in [0.25, 0.3) is 0 Å². The fourth-order valence-electron chi connectivity index (χ4n) is 4.33. The Bertz CT molecular complexity index is 305. The topological polar surface area (TPSA) is 75.8 Å². The average Bonchev–Trinajstić information content (AvgIpc) is 2.12. The maximum Gasteiger partial charge on any atom is 0.125 e. The quantitative estimate of drug-likeness (QED) is 0.593. The van der Waals surface area contributed by atoms with E-state index in [2.05, 4.69) is 6.07 Å². The third-order valence-corrected chi connectivity index (χ3v) is 4.86. The predicted molar refractivity (Wildman–Crippen MR) is 53.0 cm³/mol. The molecular formula is C11H17N3. The molecule has 0 heterocycles. The maximum atomic E-state index is 9.27. The lowest BCUT2D eigenvalue weighted by molar-refractivity contribution is -0.0486. The molecule has 0 aromatic heterocycles. The molecule has 3 heteroatoms. The number of nitrogens with two attached hydrogens (primary N) is 2. The molecule has 0 spiro atoms. The van der Waals surface area contributed by atoms with Gasteiger partial charge in [-0.15, -0.1) is 0 Å². The zero-order chi connectivity index (χ0) is 9.97. The molecule has 0 radical (unpaired) electrons. The van der Waals surface area contributed by atoms with Crippen LogP contribution in [0.4, 0.5) is 0 Å². The number of hydrogen-bond acceptors (Lipinski definition) is 3. The minimum Gasteiger partial charge on any atom is -0.323 e. The molecule has 4 saturated carbocycles. The number of nitrogens with zero attached hydrogens (tertiary/aromatic N) is 1. The van der Waals surface area contributed by atoms with Crippen molar-refractivity contribution < 1.29 is 0 Å². The van der Waals surface area contributed by atoms with Crippen LogP contribution >= 0.6 is 0 Å². The largest absolute Gasteiger partial charge is 0.323 e. The van der Waals surface area contributed by atoms with E-state index < -0.39 is 5.54 Å². The summed E-state index contributed by atoms with van der Waals surface area (Å²) >= 11 is 0. The Hall–Kier alpha value is -0.590. The second-order valence-electron chi connectivity index (χ2n) is 5.68. The molecule has 0 aliphatic heterocycles. The van der Waals surface area contributed by atoms with E-state index in [4.69, 9.17) is 11.5 Å². The van der Waals surface area contributed by atoms with Gasteiger partial charge in [0.1, 0.15) is 5.54 Å². The lowest BCUT2D eigenvalue weighted by Crippen LogP contribution is -2.76. The van der Waals surface area contributed by atoms with E-state index in [0.29, 0.717) is 5.92 Å². The fraction of sp³-hybridized carbons (Fsp3) is 0.909. The van der Waals surface area contributed by atoms with Crippen molar-refractivity contribution in [2.45, 2.75) is 43.2 Å². The van der Waals surface area contributed by atoms with Crippen LogP contribution in [-0.2, 0) is 0 Å². The summed E-state index contributed by atoms with van der Waals surface area (Å²) in [5.41, 5.74) is 11.5. The molecule has 4 fully saturated rings. The number of hydrogen-bond donors (Lipinski definition) is 2. The Kier molecular flexibility index (Phi) is 1.44. The van der Waals surface area contributed by atoms with Gasteiger partial charge in [0.15, 0.2) is 0 Å². The number of rotatable bonds is 0.